The van der Waals surface area contributed by atoms with Gasteiger partial charge in [-0.2, -0.15) is 0 Å². The Morgan fingerprint density at radius 2 is 1.79 bits per heavy atom. The van der Waals surface area contributed by atoms with Gasteiger partial charge in [-0.15, -0.1) is 0 Å². The van der Waals surface area contributed by atoms with Gasteiger partial charge in [-0.25, -0.2) is 8.42 Å². The van der Waals surface area contributed by atoms with Gasteiger partial charge in [0, 0.05) is 0 Å². The van der Waals surface area contributed by atoms with Crippen molar-refractivity contribution in [3.05, 3.63) is 35.9 Å². The number of thiocarbonyl (C=S) groups is 1. The smallest absolute Gasteiger partial charge is 0.410 e. The summed E-state index contributed by atoms with van der Waals surface area (Å²) in [6.07, 6.45) is 0. The van der Waals surface area contributed by atoms with Gasteiger partial charge >= 0.3 is 51.4 Å². The first-order valence-corrected chi connectivity index (χ1v) is 7.53. The molecule has 0 fully saturated rings. The van der Waals surface area contributed by atoms with Crippen LogP contribution in [0.1, 0.15) is 5.56 Å². The van der Waals surface area contributed by atoms with E-state index in [-0.39, 0.29) is 61.5 Å². The molecule has 1 aromatic rings. The predicted molar refractivity (Wildman–Crippen MR) is 75.2 cm³/mol. The van der Waals surface area contributed by atoms with Crippen LogP contribution in [-0.2, 0) is 33.0 Å². The Balaban J connectivity index is 0.00000324. The fraction of sp³-hybridized carbons (Fsp3) is 0.200. The van der Waals surface area contributed by atoms with Gasteiger partial charge in [-0.1, -0.05) is 30.3 Å². The molecule has 98 valence electrons. The topological polar surface area (TPSA) is 75.3 Å². The van der Waals surface area contributed by atoms with Gasteiger partial charge in [0.15, 0.2) is 9.84 Å². The Bertz CT molecular complexity index is 534. The van der Waals surface area contributed by atoms with E-state index in [2.05, 4.69) is 35.7 Å². The van der Waals surface area contributed by atoms with Crippen molar-refractivity contribution in [3.63, 3.8) is 0 Å². The zero-order chi connectivity index (χ0) is 13.6. The molecule has 0 atom stereocenters. The first-order chi connectivity index (χ1) is 8.39. The first kappa shape index (κ1) is 19.4. The Kier molecular flexibility index (Phi) is 9.54. The van der Waals surface area contributed by atoms with E-state index in [9.17, 15) is 13.2 Å². The third-order valence-electron chi connectivity index (χ3n) is 1.88. The van der Waals surface area contributed by atoms with Crippen LogP contribution in [0.15, 0.2) is 30.3 Å². The molecule has 0 bridgehead atoms. The number of rotatable bonds is 4. The van der Waals surface area contributed by atoms with E-state index in [4.69, 9.17) is 0 Å². The van der Waals surface area contributed by atoms with Crippen molar-refractivity contribution in [1.29, 1.82) is 0 Å². The molecule has 9 heteroatoms. The molecule has 1 aromatic carbocycles. The van der Waals surface area contributed by atoms with E-state index in [1.165, 1.54) is 0 Å². The molecular formula is C10H11KN2O3S3. The van der Waals surface area contributed by atoms with E-state index < -0.39 is 21.5 Å². The van der Waals surface area contributed by atoms with Crippen LogP contribution in [0.3, 0.4) is 0 Å². The van der Waals surface area contributed by atoms with Crippen molar-refractivity contribution >= 4 is 44.9 Å². The molecule has 0 radical (unpaired) electrons. The molecule has 1 rings (SSSR count). The minimum Gasteiger partial charge on any atom is -0.410 e. The summed E-state index contributed by atoms with van der Waals surface area (Å²) in [6.45, 7) is 0. The molecule has 0 heterocycles. The third-order valence-corrected chi connectivity index (χ3v) is 3.56. The van der Waals surface area contributed by atoms with Gasteiger partial charge in [0.25, 0.3) is 5.91 Å². The maximum absolute atomic E-state index is 11.7. The number of hydrogen-bond acceptors (Lipinski definition) is 5. The molecule has 5 nitrogen and oxygen atoms in total. The standard InChI is InChI=1S/C10H12N2O3S3.K/c13-9(11-12-10(16)17)7-18(14,15)6-8-4-2-1-3-5-8;/h1-5H,6-7H2,(H,11,13)(H2,12,16,17);/q;+1/p-1. The summed E-state index contributed by atoms with van der Waals surface area (Å²) in [6, 6.07) is 8.64. The summed E-state index contributed by atoms with van der Waals surface area (Å²) in [5.74, 6) is -1.50. The van der Waals surface area contributed by atoms with E-state index >= 15 is 0 Å². The zero-order valence-corrected chi connectivity index (χ0v) is 15.8. The van der Waals surface area contributed by atoms with Gasteiger partial charge in [-0.05, 0) is 9.88 Å². The Morgan fingerprint density at radius 3 is 2.32 bits per heavy atom. The van der Waals surface area contributed by atoms with Crippen LogP contribution in [0.5, 0.6) is 0 Å². The minimum absolute atomic E-state index is 0. The normalized spacial score (nSPS) is 10.1. The summed E-state index contributed by atoms with van der Waals surface area (Å²) in [5.41, 5.74) is 4.96. The molecule has 0 unspecified atom stereocenters. The van der Waals surface area contributed by atoms with Crippen LogP contribution in [0.4, 0.5) is 0 Å². The number of carbonyl (C=O) groups is 1. The maximum Gasteiger partial charge on any atom is 1.00 e. The molecule has 0 aliphatic rings. The van der Waals surface area contributed by atoms with Crippen molar-refractivity contribution in [1.82, 2.24) is 10.9 Å². The van der Waals surface area contributed by atoms with Gasteiger partial charge in [0.05, 0.1) is 5.75 Å². The summed E-state index contributed by atoms with van der Waals surface area (Å²) < 4.78 is 23.4. The van der Waals surface area contributed by atoms with Crippen LogP contribution in [0.25, 0.3) is 0 Å². The number of sulfone groups is 1. The second kappa shape index (κ2) is 9.35. The van der Waals surface area contributed by atoms with E-state index in [1.54, 1.807) is 30.3 Å². The van der Waals surface area contributed by atoms with Crippen LogP contribution >= 0.6 is 12.2 Å². The molecule has 0 aliphatic heterocycles. The van der Waals surface area contributed by atoms with Gasteiger partial charge in [0.1, 0.15) is 5.75 Å². The summed E-state index contributed by atoms with van der Waals surface area (Å²) in [4.78, 5) is 11.3. The number of nitrogens with one attached hydrogen (secondary N) is 2. The summed E-state index contributed by atoms with van der Waals surface area (Å²) in [7, 11) is -3.51. The minimum atomic E-state index is -3.51. The molecule has 0 spiro atoms. The largest absolute Gasteiger partial charge is 1.00 e. The molecule has 0 aromatic heterocycles. The number of benzene rings is 1. The molecule has 2 N–H and O–H groups in total. The van der Waals surface area contributed by atoms with Crippen LogP contribution in [0, 0.1) is 0 Å². The predicted octanol–water partition coefficient (Wildman–Crippen LogP) is -2.94. The van der Waals surface area contributed by atoms with Crippen LogP contribution in [0.2, 0.25) is 0 Å². The first-order valence-electron chi connectivity index (χ1n) is 4.89. The third kappa shape index (κ3) is 9.03. The fourth-order valence-electron chi connectivity index (χ4n) is 1.24. The zero-order valence-electron chi connectivity index (χ0n) is 10.3. The number of amides is 1. The molecule has 19 heavy (non-hydrogen) atoms. The SMILES string of the molecule is O=C(CS(=O)(=O)Cc1ccccc1)NNC(=S)[S-].[K+]. The van der Waals surface area contributed by atoms with Gasteiger partial charge in [-0.3, -0.25) is 10.2 Å². The average Bonchev–Trinajstić information content (AvgIpc) is 2.26. The summed E-state index contributed by atoms with van der Waals surface area (Å²) >= 11 is 9.00. The maximum atomic E-state index is 11.7. The molecule has 0 saturated heterocycles. The number of hydrazine groups is 1. The second-order valence-electron chi connectivity index (χ2n) is 3.48. The number of carbonyl (C=O) groups excluding carboxylic acids is 1. The van der Waals surface area contributed by atoms with Crippen molar-refractivity contribution in [2.75, 3.05) is 5.75 Å². The van der Waals surface area contributed by atoms with Gasteiger partial charge in [0.2, 0.25) is 0 Å². The van der Waals surface area contributed by atoms with E-state index in [1.807, 2.05) is 0 Å². The van der Waals surface area contributed by atoms with Crippen LogP contribution in [-0.4, -0.2) is 24.4 Å². The van der Waals surface area contributed by atoms with Gasteiger partial charge < -0.3 is 30.3 Å². The van der Waals surface area contributed by atoms with Crippen LogP contribution < -0.4 is 62.2 Å². The van der Waals surface area contributed by atoms with Crippen molar-refractivity contribution in [2.24, 2.45) is 0 Å². The van der Waals surface area contributed by atoms with Crippen molar-refractivity contribution in [3.8, 4) is 0 Å². The Hall–Kier alpha value is 0.386. The second-order valence-corrected chi connectivity index (χ2v) is 6.62. The van der Waals surface area contributed by atoms with Crippen molar-refractivity contribution < 1.29 is 64.6 Å². The quantitative estimate of drug-likeness (QED) is 0.264. The molecule has 0 aliphatic carbocycles. The molecule has 0 saturated carbocycles. The van der Waals surface area contributed by atoms with Crippen molar-refractivity contribution in [2.45, 2.75) is 5.75 Å². The average molecular weight is 343 g/mol. The number of hydrogen-bond donors (Lipinski definition) is 2. The fourth-order valence-corrected chi connectivity index (χ4v) is 2.61. The summed E-state index contributed by atoms with van der Waals surface area (Å²) in [5, 5.41) is 0. The Labute approximate surface area is 165 Å². The Morgan fingerprint density at radius 1 is 1.21 bits per heavy atom. The van der Waals surface area contributed by atoms with E-state index in [0.29, 0.717) is 5.56 Å². The molecule has 1 amide bonds. The molecular weight excluding hydrogens is 331 g/mol. The van der Waals surface area contributed by atoms with E-state index in [0.717, 1.165) is 0 Å². The monoisotopic (exact) mass is 342 g/mol.